The van der Waals surface area contributed by atoms with Gasteiger partial charge < -0.3 is 10.6 Å². The lowest BCUT2D eigenvalue weighted by atomic mass is 9.89. The van der Waals surface area contributed by atoms with Gasteiger partial charge in [-0.05, 0) is 49.6 Å². The van der Waals surface area contributed by atoms with Crippen molar-refractivity contribution in [1.82, 2.24) is 4.90 Å². The molecule has 1 aliphatic carbocycles. The highest BCUT2D eigenvalue weighted by molar-refractivity contribution is 5.41. The minimum atomic E-state index is -0.240. The van der Waals surface area contributed by atoms with Crippen molar-refractivity contribution in [2.45, 2.75) is 38.6 Å². The number of nitrogens with two attached hydrogens (primary N) is 1. The summed E-state index contributed by atoms with van der Waals surface area (Å²) in [4.78, 5) is 2.28. The summed E-state index contributed by atoms with van der Waals surface area (Å²) in [6, 6.07) is 4.80. The van der Waals surface area contributed by atoms with Gasteiger partial charge in [-0.3, -0.25) is 0 Å². The Kier molecular flexibility index (Phi) is 4.59. The molecule has 0 atom stereocenters. The second-order valence-corrected chi connectivity index (χ2v) is 5.59. The van der Waals surface area contributed by atoms with Crippen LogP contribution in [0, 0.1) is 11.7 Å². The maximum absolute atomic E-state index is 13.2. The third-order valence-corrected chi connectivity index (χ3v) is 3.73. The summed E-state index contributed by atoms with van der Waals surface area (Å²) >= 11 is 0. The molecule has 0 aliphatic heterocycles. The van der Waals surface area contributed by atoms with Gasteiger partial charge in [-0.1, -0.05) is 19.3 Å². The predicted octanol–water partition coefficient (Wildman–Crippen LogP) is 3.42. The first kappa shape index (κ1) is 13.3. The summed E-state index contributed by atoms with van der Waals surface area (Å²) < 4.78 is 13.2. The Morgan fingerprint density at radius 3 is 2.61 bits per heavy atom. The maximum atomic E-state index is 13.2. The van der Waals surface area contributed by atoms with E-state index in [-0.39, 0.29) is 5.82 Å². The topological polar surface area (TPSA) is 29.3 Å². The molecule has 0 radical (unpaired) electrons. The third kappa shape index (κ3) is 3.98. The summed E-state index contributed by atoms with van der Waals surface area (Å²) in [6.45, 7) is 1.88. The van der Waals surface area contributed by atoms with E-state index in [0.29, 0.717) is 5.69 Å². The Morgan fingerprint density at radius 2 is 1.94 bits per heavy atom. The van der Waals surface area contributed by atoms with Crippen LogP contribution in [-0.2, 0) is 6.54 Å². The zero-order valence-electron chi connectivity index (χ0n) is 11.2. The lowest BCUT2D eigenvalue weighted by molar-refractivity contribution is 0.228. The standard InChI is InChI=1S/C15H23FN2/c1-18(10-12-5-3-2-4-6-12)11-13-7-14(16)9-15(17)8-13/h7-9,12H,2-6,10-11,17H2,1H3. The van der Waals surface area contributed by atoms with Gasteiger partial charge in [0.2, 0.25) is 0 Å². The molecule has 0 heterocycles. The SMILES string of the molecule is CN(Cc1cc(N)cc(F)c1)CC1CCCCC1. The fourth-order valence-corrected chi connectivity index (χ4v) is 2.95. The molecule has 0 unspecified atom stereocenters. The van der Waals surface area contributed by atoms with Crippen LogP contribution in [0.4, 0.5) is 10.1 Å². The number of anilines is 1. The largest absolute Gasteiger partial charge is 0.399 e. The van der Waals surface area contributed by atoms with Crippen LogP contribution in [0.1, 0.15) is 37.7 Å². The monoisotopic (exact) mass is 250 g/mol. The first-order chi connectivity index (χ1) is 8.63. The molecule has 1 aliphatic rings. The zero-order chi connectivity index (χ0) is 13.0. The number of nitrogens with zero attached hydrogens (tertiary/aromatic N) is 1. The highest BCUT2D eigenvalue weighted by atomic mass is 19.1. The van der Waals surface area contributed by atoms with Crippen molar-refractivity contribution >= 4 is 5.69 Å². The molecule has 100 valence electrons. The van der Waals surface area contributed by atoms with Gasteiger partial charge in [0.1, 0.15) is 5.82 Å². The highest BCUT2D eigenvalue weighted by Gasteiger charge is 2.15. The van der Waals surface area contributed by atoms with E-state index >= 15 is 0 Å². The van der Waals surface area contributed by atoms with Gasteiger partial charge in [0.05, 0.1) is 0 Å². The summed E-state index contributed by atoms with van der Waals surface area (Å²) in [5, 5.41) is 0. The average Bonchev–Trinajstić information content (AvgIpc) is 2.28. The maximum Gasteiger partial charge on any atom is 0.125 e. The quantitative estimate of drug-likeness (QED) is 0.830. The minimum absolute atomic E-state index is 0.240. The Bertz CT molecular complexity index is 366. The molecule has 0 saturated heterocycles. The fraction of sp³-hybridized carbons (Fsp3) is 0.600. The van der Waals surface area contributed by atoms with E-state index in [1.807, 2.05) is 6.07 Å². The van der Waals surface area contributed by atoms with Crippen LogP contribution in [0.5, 0.6) is 0 Å². The van der Waals surface area contributed by atoms with Gasteiger partial charge in [0, 0.05) is 18.8 Å². The van der Waals surface area contributed by atoms with Crippen LogP contribution in [0.3, 0.4) is 0 Å². The first-order valence-electron chi connectivity index (χ1n) is 6.87. The molecule has 1 fully saturated rings. The molecule has 18 heavy (non-hydrogen) atoms. The van der Waals surface area contributed by atoms with Crippen LogP contribution in [0.15, 0.2) is 18.2 Å². The van der Waals surface area contributed by atoms with E-state index in [1.54, 1.807) is 6.07 Å². The van der Waals surface area contributed by atoms with Gasteiger partial charge in [-0.15, -0.1) is 0 Å². The number of hydrogen-bond acceptors (Lipinski definition) is 2. The van der Waals surface area contributed by atoms with E-state index in [0.717, 1.165) is 24.6 Å². The Labute approximate surface area is 109 Å². The van der Waals surface area contributed by atoms with Crippen LogP contribution in [0.2, 0.25) is 0 Å². The number of rotatable bonds is 4. The lowest BCUT2D eigenvalue weighted by Gasteiger charge is -2.27. The van der Waals surface area contributed by atoms with Crippen LogP contribution < -0.4 is 5.73 Å². The Morgan fingerprint density at radius 1 is 1.22 bits per heavy atom. The van der Waals surface area contributed by atoms with Crippen molar-refractivity contribution in [3.05, 3.63) is 29.6 Å². The van der Waals surface area contributed by atoms with Gasteiger partial charge >= 0.3 is 0 Å². The molecular weight excluding hydrogens is 227 g/mol. The first-order valence-corrected chi connectivity index (χ1v) is 6.87. The van der Waals surface area contributed by atoms with Crippen molar-refractivity contribution in [1.29, 1.82) is 0 Å². The number of benzene rings is 1. The van der Waals surface area contributed by atoms with E-state index in [2.05, 4.69) is 11.9 Å². The van der Waals surface area contributed by atoms with E-state index < -0.39 is 0 Å². The number of nitrogen functional groups attached to an aromatic ring is 1. The molecular formula is C15H23FN2. The second kappa shape index (κ2) is 6.19. The molecule has 2 N–H and O–H groups in total. The number of halogens is 1. The van der Waals surface area contributed by atoms with Crippen molar-refractivity contribution in [2.24, 2.45) is 5.92 Å². The fourth-order valence-electron chi connectivity index (χ4n) is 2.95. The minimum Gasteiger partial charge on any atom is -0.399 e. The molecule has 0 spiro atoms. The molecule has 3 heteroatoms. The van der Waals surface area contributed by atoms with Crippen molar-refractivity contribution in [2.75, 3.05) is 19.3 Å². The zero-order valence-corrected chi connectivity index (χ0v) is 11.2. The summed E-state index contributed by atoms with van der Waals surface area (Å²) in [7, 11) is 2.11. The predicted molar refractivity (Wildman–Crippen MR) is 73.7 cm³/mol. The van der Waals surface area contributed by atoms with E-state index in [9.17, 15) is 4.39 Å². The Hall–Kier alpha value is -1.09. The van der Waals surface area contributed by atoms with Gasteiger partial charge in [-0.25, -0.2) is 4.39 Å². The molecule has 2 rings (SSSR count). The van der Waals surface area contributed by atoms with Gasteiger partial charge in [0.15, 0.2) is 0 Å². The third-order valence-electron chi connectivity index (χ3n) is 3.73. The van der Waals surface area contributed by atoms with Crippen LogP contribution >= 0.6 is 0 Å². The van der Waals surface area contributed by atoms with Crippen LogP contribution in [-0.4, -0.2) is 18.5 Å². The smallest absolute Gasteiger partial charge is 0.125 e. The molecule has 0 amide bonds. The number of hydrogen-bond donors (Lipinski definition) is 1. The van der Waals surface area contributed by atoms with Gasteiger partial charge in [0.25, 0.3) is 0 Å². The Balaban J connectivity index is 1.87. The molecule has 1 aromatic rings. The molecule has 0 aromatic heterocycles. The summed E-state index contributed by atoms with van der Waals surface area (Å²) in [5.41, 5.74) is 7.13. The average molecular weight is 250 g/mol. The highest BCUT2D eigenvalue weighted by Crippen LogP contribution is 2.24. The normalized spacial score (nSPS) is 17.3. The van der Waals surface area contributed by atoms with Crippen molar-refractivity contribution < 1.29 is 4.39 Å². The van der Waals surface area contributed by atoms with Crippen LogP contribution in [0.25, 0.3) is 0 Å². The van der Waals surface area contributed by atoms with Gasteiger partial charge in [-0.2, -0.15) is 0 Å². The lowest BCUT2D eigenvalue weighted by Crippen LogP contribution is -2.26. The summed E-state index contributed by atoms with van der Waals surface area (Å²) in [5.74, 6) is 0.575. The van der Waals surface area contributed by atoms with Crippen molar-refractivity contribution in [3.8, 4) is 0 Å². The summed E-state index contributed by atoms with van der Waals surface area (Å²) in [6.07, 6.45) is 6.81. The van der Waals surface area contributed by atoms with E-state index in [4.69, 9.17) is 5.73 Å². The van der Waals surface area contributed by atoms with E-state index in [1.165, 1.54) is 38.2 Å². The molecule has 1 aromatic carbocycles. The molecule has 1 saturated carbocycles. The molecule has 2 nitrogen and oxygen atoms in total. The van der Waals surface area contributed by atoms with Crippen molar-refractivity contribution in [3.63, 3.8) is 0 Å². The molecule has 0 bridgehead atoms. The second-order valence-electron chi connectivity index (χ2n) is 5.59.